The van der Waals surface area contributed by atoms with Crippen LogP contribution in [0.4, 0.5) is 0 Å². The molecule has 0 aliphatic heterocycles. The van der Waals surface area contributed by atoms with Crippen molar-refractivity contribution in [2.75, 3.05) is 7.11 Å². The van der Waals surface area contributed by atoms with Crippen LogP contribution in [0.3, 0.4) is 0 Å². The van der Waals surface area contributed by atoms with Gasteiger partial charge in [-0.05, 0) is 17.5 Å². The molecule has 1 rings (SSSR count). The molecule has 0 spiro atoms. The van der Waals surface area contributed by atoms with Gasteiger partial charge >= 0.3 is 0 Å². The molecule has 1 amide bonds. The van der Waals surface area contributed by atoms with E-state index in [1.807, 2.05) is 19.9 Å². The largest absolute Gasteiger partial charge is 0.481 e. The maximum atomic E-state index is 11.7. The van der Waals surface area contributed by atoms with E-state index in [4.69, 9.17) is 4.74 Å². The van der Waals surface area contributed by atoms with E-state index in [0.29, 0.717) is 12.4 Å². The summed E-state index contributed by atoms with van der Waals surface area (Å²) in [6.45, 7) is 4.47. The monoisotopic (exact) mass is 300 g/mol. The number of alkyl halides is 1. The maximum absolute atomic E-state index is 11.7. The predicted octanol–water partition coefficient (Wildman–Crippen LogP) is 2.13. The van der Waals surface area contributed by atoms with Crippen molar-refractivity contribution < 1.29 is 9.53 Å². The van der Waals surface area contributed by atoms with E-state index in [1.54, 1.807) is 19.4 Å². The van der Waals surface area contributed by atoms with Gasteiger partial charge < -0.3 is 10.1 Å². The van der Waals surface area contributed by atoms with Gasteiger partial charge in [-0.3, -0.25) is 4.79 Å². The maximum Gasteiger partial charge on any atom is 0.234 e. The van der Waals surface area contributed by atoms with E-state index >= 15 is 0 Å². The van der Waals surface area contributed by atoms with E-state index in [1.165, 1.54) is 0 Å². The number of carbonyl (C=O) groups is 1. The number of ether oxygens (including phenoxy) is 1. The van der Waals surface area contributed by atoms with E-state index in [-0.39, 0.29) is 16.7 Å². The molecule has 0 saturated heterocycles. The molecule has 1 aromatic rings. The average Bonchev–Trinajstić information content (AvgIpc) is 2.35. The Bertz CT molecular complexity index is 383. The van der Waals surface area contributed by atoms with Crippen LogP contribution < -0.4 is 10.1 Å². The minimum atomic E-state index is -0.161. The molecule has 94 valence electrons. The summed E-state index contributed by atoms with van der Waals surface area (Å²) in [7, 11) is 1.57. The molecule has 0 aliphatic rings. The van der Waals surface area contributed by atoms with Gasteiger partial charge in [-0.1, -0.05) is 29.8 Å². The van der Waals surface area contributed by atoms with E-state index in [0.717, 1.165) is 5.56 Å². The van der Waals surface area contributed by atoms with E-state index in [9.17, 15) is 4.79 Å². The highest BCUT2D eigenvalue weighted by atomic mass is 79.9. The summed E-state index contributed by atoms with van der Waals surface area (Å²) in [5, 5.41) is 2.86. The Balaban J connectivity index is 2.52. The second-order valence-electron chi connectivity index (χ2n) is 4.07. The van der Waals surface area contributed by atoms with Crippen LogP contribution in [0, 0.1) is 5.92 Å². The van der Waals surface area contributed by atoms with Crippen molar-refractivity contribution in [3.63, 3.8) is 0 Å². The second kappa shape index (κ2) is 6.59. The highest BCUT2D eigenvalue weighted by Gasteiger charge is 2.17. The van der Waals surface area contributed by atoms with Gasteiger partial charge in [-0.2, -0.15) is 0 Å². The van der Waals surface area contributed by atoms with Crippen LogP contribution in [-0.2, 0) is 11.3 Å². The minimum absolute atomic E-state index is 0.00391. The zero-order chi connectivity index (χ0) is 12.8. The Morgan fingerprint density at radius 1 is 1.59 bits per heavy atom. The lowest BCUT2D eigenvalue weighted by atomic mass is 10.1. The first-order valence-corrected chi connectivity index (χ1v) is 6.37. The van der Waals surface area contributed by atoms with Crippen molar-refractivity contribution in [3.8, 4) is 5.88 Å². The van der Waals surface area contributed by atoms with Gasteiger partial charge in [0.1, 0.15) is 0 Å². The van der Waals surface area contributed by atoms with Crippen molar-refractivity contribution >= 4 is 21.8 Å². The Kier molecular flexibility index (Phi) is 5.41. The summed E-state index contributed by atoms with van der Waals surface area (Å²) >= 11 is 3.36. The number of rotatable bonds is 5. The standard InChI is InChI=1S/C12H17BrN2O2/c1-8(2)11(13)12(16)15-7-9-4-5-14-10(6-9)17-3/h4-6,8,11H,7H2,1-3H3,(H,15,16). The van der Waals surface area contributed by atoms with Crippen LogP contribution in [0.2, 0.25) is 0 Å². The number of nitrogens with one attached hydrogen (secondary N) is 1. The third kappa shape index (κ3) is 4.34. The molecule has 1 unspecified atom stereocenters. The van der Waals surface area contributed by atoms with Crippen LogP contribution in [0.15, 0.2) is 18.3 Å². The van der Waals surface area contributed by atoms with Crippen LogP contribution >= 0.6 is 15.9 Å². The van der Waals surface area contributed by atoms with Gasteiger partial charge in [0.15, 0.2) is 0 Å². The molecule has 1 heterocycles. The third-order valence-electron chi connectivity index (χ3n) is 2.31. The zero-order valence-corrected chi connectivity index (χ0v) is 11.8. The fourth-order valence-electron chi connectivity index (χ4n) is 1.26. The topological polar surface area (TPSA) is 51.2 Å². The fraction of sp³-hybridized carbons (Fsp3) is 0.500. The number of hydrogen-bond acceptors (Lipinski definition) is 3. The summed E-state index contributed by atoms with van der Waals surface area (Å²) in [6, 6.07) is 3.65. The van der Waals surface area contributed by atoms with Gasteiger partial charge in [0.05, 0.1) is 11.9 Å². The average molecular weight is 301 g/mol. The smallest absolute Gasteiger partial charge is 0.234 e. The van der Waals surface area contributed by atoms with Crippen molar-refractivity contribution in [2.45, 2.75) is 25.2 Å². The molecule has 1 N–H and O–H groups in total. The third-order valence-corrected chi connectivity index (χ3v) is 3.78. The molecule has 0 fully saturated rings. The van der Waals surface area contributed by atoms with Gasteiger partial charge in [-0.15, -0.1) is 0 Å². The van der Waals surface area contributed by atoms with Crippen LogP contribution in [0.1, 0.15) is 19.4 Å². The van der Waals surface area contributed by atoms with Gasteiger partial charge in [-0.25, -0.2) is 4.98 Å². The molecule has 0 saturated carbocycles. The van der Waals surface area contributed by atoms with Gasteiger partial charge in [0.2, 0.25) is 11.8 Å². The number of carbonyl (C=O) groups excluding carboxylic acids is 1. The summed E-state index contributed by atoms with van der Waals surface area (Å²) in [6.07, 6.45) is 1.66. The van der Waals surface area contributed by atoms with Gasteiger partial charge in [0, 0.05) is 18.8 Å². The molecule has 1 atom stereocenters. The van der Waals surface area contributed by atoms with Crippen molar-refractivity contribution in [1.82, 2.24) is 10.3 Å². The zero-order valence-electron chi connectivity index (χ0n) is 10.2. The first-order valence-electron chi connectivity index (χ1n) is 5.45. The number of halogens is 1. The lowest BCUT2D eigenvalue weighted by Gasteiger charge is -2.13. The number of nitrogens with zero attached hydrogens (tertiary/aromatic N) is 1. The molecule has 0 aromatic carbocycles. The quantitative estimate of drug-likeness (QED) is 0.848. The molecule has 0 radical (unpaired) electrons. The fourth-order valence-corrected chi connectivity index (χ4v) is 1.42. The highest BCUT2D eigenvalue weighted by molar-refractivity contribution is 9.10. The lowest BCUT2D eigenvalue weighted by Crippen LogP contribution is -2.33. The summed E-state index contributed by atoms with van der Waals surface area (Å²) in [5.74, 6) is 0.814. The molecular weight excluding hydrogens is 284 g/mol. The SMILES string of the molecule is COc1cc(CNC(=O)C(Br)C(C)C)ccn1. The second-order valence-corrected chi connectivity index (χ2v) is 5.06. The molecule has 5 heteroatoms. The summed E-state index contributed by atoms with van der Waals surface area (Å²) in [4.78, 5) is 15.6. The molecule has 4 nitrogen and oxygen atoms in total. The molecule has 0 bridgehead atoms. The summed E-state index contributed by atoms with van der Waals surface area (Å²) < 4.78 is 5.01. The molecule has 17 heavy (non-hydrogen) atoms. The van der Waals surface area contributed by atoms with Crippen molar-refractivity contribution in [3.05, 3.63) is 23.9 Å². The number of aromatic nitrogens is 1. The normalized spacial score (nSPS) is 12.3. The van der Waals surface area contributed by atoms with Crippen molar-refractivity contribution in [1.29, 1.82) is 0 Å². The first kappa shape index (κ1) is 14.0. The predicted molar refractivity (Wildman–Crippen MR) is 70.2 cm³/mol. The van der Waals surface area contributed by atoms with Gasteiger partial charge in [0.25, 0.3) is 0 Å². The number of hydrogen-bond donors (Lipinski definition) is 1. The molecular formula is C12H17BrN2O2. The Morgan fingerprint density at radius 3 is 2.88 bits per heavy atom. The Labute approximate surface area is 110 Å². The van der Waals surface area contributed by atoms with E-state index < -0.39 is 0 Å². The van der Waals surface area contributed by atoms with Crippen LogP contribution in [-0.4, -0.2) is 22.8 Å². The number of pyridine rings is 1. The number of amides is 1. The first-order chi connectivity index (χ1) is 8.04. The lowest BCUT2D eigenvalue weighted by molar-refractivity contribution is -0.121. The summed E-state index contributed by atoms with van der Waals surface area (Å²) in [5.41, 5.74) is 0.966. The molecule has 0 aliphatic carbocycles. The van der Waals surface area contributed by atoms with Crippen LogP contribution in [0.25, 0.3) is 0 Å². The number of methoxy groups -OCH3 is 1. The van der Waals surface area contributed by atoms with Crippen molar-refractivity contribution in [2.24, 2.45) is 5.92 Å². The van der Waals surface area contributed by atoms with Crippen LogP contribution in [0.5, 0.6) is 5.88 Å². The molecule has 1 aromatic heterocycles. The van der Waals surface area contributed by atoms with E-state index in [2.05, 4.69) is 26.2 Å². The Morgan fingerprint density at radius 2 is 2.29 bits per heavy atom. The minimum Gasteiger partial charge on any atom is -0.481 e. The highest BCUT2D eigenvalue weighted by Crippen LogP contribution is 2.12. The Hall–Kier alpha value is -1.10.